The summed E-state index contributed by atoms with van der Waals surface area (Å²) in [6.45, 7) is 8.24. The Kier molecular flexibility index (Phi) is 3.53. The fourth-order valence-electron chi connectivity index (χ4n) is 1.66. The normalized spacial score (nSPS) is 23.3. The van der Waals surface area contributed by atoms with Crippen LogP contribution in [0.25, 0.3) is 0 Å². The number of rotatable bonds is 3. The molecule has 1 fully saturated rings. The first-order valence-electron chi connectivity index (χ1n) is 5.31. The molecule has 0 aromatic carbocycles. The van der Waals surface area contributed by atoms with Crippen LogP contribution in [0.15, 0.2) is 0 Å². The third-order valence-corrected chi connectivity index (χ3v) is 2.68. The zero-order chi connectivity index (χ0) is 10.8. The van der Waals surface area contributed by atoms with Crippen molar-refractivity contribution >= 4 is 5.91 Å². The lowest BCUT2D eigenvalue weighted by Gasteiger charge is -2.23. The zero-order valence-corrected chi connectivity index (χ0v) is 9.42. The number of hydrogen-bond donors (Lipinski definition) is 1. The van der Waals surface area contributed by atoms with Crippen molar-refractivity contribution in [1.29, 1.82) is 0 Å². The Morgan fingerprint density at radius 1 is 1.50 bits per heavy atom. The maximum absolute atomic E-state index is 11.5. The Balaban J connectivity index is 2.36. The topological polar surface area (TPSA) is 40.5 Å². The van der Waals surface area contributed by atoms with Gasteiger partial charge in [-0.15, -0.1) is 0 Å². The number of carbonyl (C=O) groups excluding carboxylic acids is 1. The van der Waals surface area contributed by atoms with Gasteiger partial charge in [-0.25, -0.2) is 0 Å². The van der Waals surface area contributed by atoms with Crippen LogP contribution in [-0.4, -0.2) is 35.6 Å². The van der Waals surface area contributed by atoms with Crippen LogP contribution in [0, 0.1) is 11.3 Å². The fourth-order valence-corrected chi connectivity index (χ4v) is 1.66. The Morgan fingerprint density at radius 3 is 2.57 bits per heavy atom. The highest BCUT2D eigenvalue weighted by Crippen LogP contribution is 2.22. The van der Waals surface area contributed by atoms with Crippen molar-refractivity contribution in [3.63, 3.8) is 0 Å². The molecule has 82 valence electrons. The van der Waals surface area contributed by atoms with Crippen molar-refractivity contribution in [2.45, 2.75) is 33.6 Å². The summed E-state index contributed by atoms with van der Waals surface area (Å²) in [6, 6.07) is 0. The molecule has 0 saturated carbocycles. The number of aliphatic hydroxyl groups is 1. The van der Waals surface area contributed by atoms with Crippen LogP contribution in [0.2, 0.25) is 0 Å². The quantitative estimate of drug-likeness (QED) is 0.743. The molecular formula is C11H21NO2. The van der Waals surface area contributed by atoms with E-state index in [-0.39, 0.29) is 23.8 Å². The molecule has 14 heavy (non-hydrogen) atoms. The molecule has 1 amide bonds. The lowest BCUT2D eigenvalue weighted by atomic mass is 9.92. The van der Waals surface area contributed by atoms with Crippen LogP contribution in [0.4, 0.5) is 0 Å². The molecule has 0 radical (unpaired) electrons. The number of likely N-dealkylation sites (tertiary alicyclic amines) is 1. The Labute approximate surface area is 86.1 Å². The summed E-state index contributed by atoms with van der Waals surface area (Å²) < 4.78 is 0. The smallest absolute Gasteiger partial charge is 0.223 e. The van der Waals surface area contributed by atoms with Crippen LogP contribution in [0.5, 0.6) is 0 Å². The summed E-state index contributed by atoms with van der Waals surface area (Å²) in [5, 5.41) is 8.95. The van der Waals surface area contributed by atoms with Crippen molar-refractivity contribution in [2.24, 2.45) is 11.3 Å². The second-order valence-electron chi connectivity index (χ2n) is 5.40. The van der Waals surface area contributed by atoms with E-state index >= 15 is 0 Å². The second kappa shape index (κ2) is 4.30. The van der Waals surface area contributed by atoms with Gasteiger partial charge in [0.05, 0.1) is 0 Å². The van der Waals surface area contributed by atoms with Gasteiger partial charge in [-0.2, -0.15) is 0 Å². The SMILES string of the molecule is CC(C)(C)CCN1CC(CO)CC1=O. The largest absolute Gasteiger partial charge is 0.396 e. The highest BCUT2D eigenvalue weighted by molar-refractivity contribution is 5.78. The van der Waals surface area contributed by atoms with E-state index in [0.29, 0.717) is 6.42 Å². The van der Waals surface area contributed by atoms with Gasteiger partial charge in [0.25, 0.3) is 0 Å². The molecule has 1 N–H and O–H groups in total. The molecule has 0 aromatic heterocycles. The van der Waals surface area contributed by atoms with Crippen molar-refractivity contribution < 1.29 is 9.90 Å². The first kappa shape index (κ1) is 11.5. The van der Waals surface area contributed by atoms with E-state index in [2.05, 4.69) is 20.8 Å². The van der Waals surface area contributed by atoms with Gasteiger partial charge in [-0.3, -0.25) is 4.79 Å². The summed E-state index contributed by atoms with van der Waals surface area (Å²) >= 11 is 0. The highest BCUT2D eigenvalue weighted by atomic mass is 16.3. The van der Waals surface area contributed by atoms with E-state index in [4.69, 9.17) is 5.11 Å². The van der Waals surface area contributed by atoms with E-state index in [1.807, 2.05) is 4.90 Å². The number of hydrogen-bond acceptors (Lipinski definition) is 2. The maximum atomic E-state index is 11.5. The summed E-state index contributed by atoms with van der Waals surface area (Å²) in [4.78, 5) is 13.4. The van der Waals surface area contributed by atoms with E-state index < -0.39 is 0 Å². The maximum Gasteiger partial charge on any atom is 0.223 e. The number of aliphatic hydroxyl groups excluding tert-OH is 1. The van der Waals surface area contributed by atoms with Crippen molar-refractivity contribution in [1.82, 2.24) is 4.90 Å². The van der Waals surface area contributed by atoms with Gasteiger partial charge in [0.2, 0.25) is 5.91 Å². The van der Waals surface area contributed by atoms with Gasteiger partial charge in [-0.05, 0) is 11.8 Å². The first-order chi connectivity index (χ1) is 6.42. The molecule has 1 aliphatic rings. The van der Waals surface area contributed by atoms with E-state index in [0.717, 1.165) is 19.5 Å². The molecule has 0 aliphatic carbocycles. The highest BCUT2D eigenvalue weighted by Gasteiger charge is 2.29. The molecule has 1 heterocycles. The number of nitrogens with zero attached hydrogens (tertiary/aromatic N) is 1. The predicted octanol–water partition coefficient (Wildman–Crippen LogP) is 1.26. The fraction of sp³-hybridized carbons (Fsp3) is 0.909. The molecule has 0 bridgehead atoms. The third-order valence-electron chi connectivity index (χ3n) is 2.68. The van der Waals surface area contributed by atoms with E-state index in [9.17, 15) is 4.79 Å². The molecule has 1 rings (SSSR count). The van der Waals surface area contributed by atoms with Crippen LogP contribution in [0.1, 0.15) is 33.6 Å². The first-order valence-corrected chi connectivity index (χ1v) is 5.31. The van der Waals surface area contributed by atoms with Crippen LogP contribution in [0.3, 0.4) is 0 Å². The number of amides is 1. The minimum Gasteiger partial charge on any atom is -0.396 e. The Hall–Kier alpha value is -0.570. The zero-order valence-electron chi connectivity index (χ0n) is 9.42. The average Bonchev–Trinajstić information content (AvgIpc) is 2.42. The summed E-state index contributed by atoms with van der Waals surface area (Å²) in [5.74, 6) is 0.371. The summed E-state index contributed by atoms with van der Waals surface area (Å²) in [5.41, 5.74) is 0.275. The minimum atomic E-state index is 0.137. The monoisotopic (exact) mass is 199 g/mol. The van der Waals surface area contributed by atoms with Gasteiger partial charge in [0.15, 0.2) is 0 Å². The molecule has 1 unspecified atom stereocenters. The Morgan fingerprint density at radius 2 is 2.14 bits per heavy atom. The molecule has 3 nitrogen and oxygen atoms in total. The van der Waals surface area contributed by atoms with Gasteiger partial charge in [0.1, 0.15) is 0 Å². The van der Waals surface area contributed by atoms with Gasteiger partial charge < -0.3 is 10.0 Å². The van der Waals surface area contributed by atoms with E-state index in [1.54, 1.807) is 0 Å². The van der Waals surface area contributed by atoms with Crippen molar-refractivity contribution in [3.8, 4) is 0 Å². The summed E-state index contributed by atoms with van der Waals surface area (Å²) in [7, 11) is 0. The van der Waals surface area contributed by atoms with Crippen molar-refractivity contribution in [2.75, 3.05) is 19.7 Å². The lowest BCUT2D eigenvalue weighted by Crippen LogP contribution is -2.29. The summed E-state index contributed by atoms with van der Waals surface area (Å²) in [6.07, 6.45) is 1.55. The molecule has 0 aromatic rings. The molecule has 1 aliphatic heterocycles. The third kappa shape index (κ3) is 3.29. The van der Waals surface area contributed by atoms with Crippen LogP contribution < -0.4 is 0 Å². The minimum absolute atomic E-state index is 0.137. The Bertz CT molecular complexity index is 208. The van der Waals surface area contributed by atoms with Gasteiger partial charge in [-0.1, -0.05) is 20.8 Å². The van der Waals surface area contributed by atoms with E-state index in [1.165, 1.54) is 0 Å². The molecular weight excluding hydrogens is 178 g/mol. The second-order valence-corrected chi connectivity index (χ2v) is 5.40. The lowest BCUT2D eigenvalue weighted by molar-refractivity contribution is -0.128. The molecule has 1 saturated heterocycles. The number of carbonyl (C=O) groups is 1. The average molecular weight is 199 g/mol. The van der Waals surface area contributed by atoms with Crippen molar-refractivity contribution in [3.05, 3.63) is 0 Å². The molecule has 0 spiro atoms. The van der Waals surface area contributed by atoms with Crippen LogP contribution in [-0.2, 0) is 4.79 Å². The molecule has 1 atom stereocenters. The van der Waals surface area contributed by atoms with Crippen LogP contribution >= 0.6 is 0 Å². The molecule has 3 heteroatoms. The van der Waals surface area contributed by atoms with Gasteiger partial charge in [0, 0.05) is 32.0 Å². The predicted molar refractivity (Wildman–Crippen MR) is 55.8 cm³/mol. The standard InChI is InChI=1S/C11H21NO2/c1-11(2,3)4-5-12-7-9(8-13)6-10(12)14/h9,13H,4-8H2,1-3H3. The van der Waals surface area contributed by atoms with Gasteiger partial charge >= 0.3 is 0 Å².